The van der Waals surface area contributed by atoms with Gasteiger partial charge in [0.25, 0.3) is 0 Å². The summed E-state index contributed by atoms with van der Waals surface area (Å²) in [7, 11) is 5.17. The molecule has 2 rings (SSSR count). The summed E-state index contributed by atoms with van der Waals surface area (Å²) in [5.41, 5.74) is 9.67. The van der Waals surface area contributed by atoms with Crippen molar-refractivity contribution in [2.75, 3.05) is 14.2 Å². The van der Waals surface area contributed by atoms with Gasteiger partial charge in [-0.05, 0) is 30.7 Å². The number of methoxy groups -OCH3 is 2. The van der Waals surface area contributed by atoms with Crippen LogP contribution in [-0.4, -0.2) is 24.0 Å². The average Bonchev–Trinajstić information content (AvgIpc) is 2.79. The number of nitrogens with zero attached hydrogens (tertiary/aromatic N) is 2. The lowest BCUT2D eigenvalue weighted by Gasteiger charge is -2.12. The molecule has 1 heterocycles. The molecule has 102 valence electrons. The Morgan fingerprint density at radius 1 is 1.16 bits per heavy atom. The predicted octanol–water partition coefficient (Wildman–Crippen LogP) is 1.87. The minimum absolute atomic E-state index is 0.431. The van der Waals surface area contributed by atoms with E-state index in [0.29, 0.717) is 12.3 Å². The van der Waals surface area contributed by atoms with Crippen LogP contribution >= 0.6 is 0 Å². The van der Waals surface area contributed by atoms with Crippen LogP contribution in [0.3, 0.4) is 0 Å². The second kappa shape index (κ2) is 5.32. The Morgan fingerprint density at radius 2 is 1.79 bits per heavy atom. The summed E-state index contributed by atoms with van der Waals surface area (Å²) < 4.78 is 12.5. The van der Waals surface area contributed by atoms with E-state index >= 15 is 0 Å². The third kappa shape index (κ3) is 2.42. The van der Waals surface area contributed by atoms with Gasteiger partial charge < -0.3 is 15.2 Å². The monoisotopic (exact) mass is 261 g/mol. The van der Waals surface area contributed by atoms with Gasteiger partial charge in [0.05, 0.1) is 25.6 Å². The molecule has 0 atom stereocenters. The maximum absolute atomic E-state index is 5.63. The number of aryl methyl sites for hydroxylation is 2. The van der Waals surface area contributed by atoms with Gasteiger partial charge in [0, 0.05) is 19.2 Å². The Balaban J connectivity index is 2.58. The van der Waals surface area contributed by atoms with Gasteiger partial charge in [-0.3, -0.25) is 4.68 Å². The van der Waals surface area contributed by atoms with Gasteiger partial charge in [-0.2, -0.15) is 5.10 Å². The molecular formula is C14H19N3O2. The highest BCUT2D eigenvalue weighted by molar-refractivity contribution is 5.68. The second-order valence-electron chi connectivity index (χ2n) is 4.37. The van der Waals surface area contributed by atoms with Crippen molar-refractivity contribution in [1.82, 2.24) is 9.78 Å². The summed E-state index contributed by atoms with van der Waals surface area (Å²) in [5.74, 6) is 1.43. The molecule has 0 bridgehead atoms. The van der Waals surface area contributed by atoms with Crippen molar-refractivity contribution in [2.45, 2.75) is 13.5 Å². The first-order valence-corrected chi connectivity index (χ1v) is 6.06. The second-order valence-corrected chi connectivity index (χ2v) is 4.37. The van der Waals surface area contributed by atoms with Crippen LogP contribution in [0.1, 0.15) is 11.3 Å². The van der Waals surface area contributed by atoms with Gasteiger partial charge in [0.2, 0.25) is 0 Å². The zero-order chi connectivity index (χ0) is 14.0. The fraction of sp³-hybridized carbons (Fsp3) is 0.357. The molecule has 0 amide bonds. The fourth-order valence-corrected chi connectivity index (χ4v) is 2.14. The molecule has 19 heavy (non-hydrogen) atoms. The topological polar surface area (TPSA) is 62.3 Å². The summed E-state index contributed by atoms with van der Waals surface area (Å²) in [6.07, 6.45) is 0. The molecule has 0 saturated carbocycles. The highest BCUT2D eigenvalue weighted by Gasteiger charge is 2.13. The number of benzene rings is 1. The Labute approximate surface area is 112 Å². The molecule has 0 aliphatic heterocycles. The summed E-state index contributed by atoms with van der Waals surface area (Å²) in [6.45, 7) is 2.46. The molecule has 5 nitrogen and oxygen atoms in total. The highest BCUT2D eigenvalue weighted by atomic mass is 16.5. The van der Waals surface area contributed by atoms with E-state index in [2.05, 4.69) is 5.10 Å². The Morgan fingerprint density at radius 3 is 2.32 bits per heavy atom. The van der Waals surface area contributed by atoms with Gasteiger partial charge in [-0.1, -0.05) is 0 Å². The predicted molar refractivity (Wildman–Crippen MR) is 74.4 cm³/mol. The highest BCUT2D eigenvalue weighted by Crippen LogP contribution is 2.35. The normalized spacial score (nSPS) is 10.6. The smallest absolute Gasteiger partial charge is 0.161 e. The van der Waals surface area contributed by atoms with Crippen molar-refractivity contribution < 1.29 is 9.47 Å². The summed E-state index contributed by atoms with van der Waals surface area (Å²) >= 11 is 0. The van der Waals surface area contributed by atoms with E-state index < -0.39 is 0 Å². The van der Waals surface area contributed by atoms with Crippen molar-refractivity contribution in [2.24, 2.45) is 12.8 Å². The average molecular weight is 261 g/mol. The molecule has 1 aromatic carbocycles. The molecule has 2 aromatic rings. The van der Waals surface area contributed by atoms with E-state index in [0.717, 1.165) is 28.3 Å². The molecule has 2 N–H and O–H groups in total. The van der Waals surface area contributed by atoms with Crippen molar-refractivity contribution in [3.05, 3.63) is 29.5 Å². The molecule has 0 spiro atoms. The van der Waals surface area contributed by atoms with Gasteiger partial charge >= 0.3 is 0 Å². The minimum atomic E-state index is 0.431. The summed E-state index contributed by atoms with van der Waals surface area (Å²) in [6, 6.07) is 5.92. The van der Waals surface area contributed by atoms with Crippen LogP contribution in [0.4, 0.5) is 0 Å². The Bertz CT molecular complexity index is 591. The molecule has 0 aliphatic carbocycles. The molecule has 1 aromatic heterocycles. The number of ether oxygens (including phenoxy) is 2. The number of nitrogens with two attached hydrogens (primary N) is 1. The molecule has 5 heteroatoms. The summed E-state index contributed by atoms with van der Waals surface area (Å²) in [4.78, 5) is 0. The lowest BCUT2D eigenvalue weighted by Crippen LogP contribution is -1.99. The molecule has 0 aliphatic rings. The quantitative estimate of drug-likeness (QED) is 0.912. The zero-order valence-electron chi connectivity index (χ0n) is 11.7. The van der Waals surface area contributed by atoms with E-state index in [1.54, 1.807) is 14.2 Å². The molecule has 0 fully saturated rings. The van der Waals surface area contributed by atoms with Gasteiger partial charge in [-0.15, -0.1) is 0 Å². The standard InChI is InChI=1S/C14H19N3O2/c1-9-5-13(18-3)14(19-4)7-11(9)12-6-10(8-15)16-17(12)2/h5-7H,8,15H2,1-4H3. The zero-order valence-corrected chi connectivity index (χ0v) is 11.7. The molecule has 0 unspecified atom stereocenters. The van der Waals surface area contributed by atoms with Crippen LogP contribution in [0.5, 0.6) is 11.5 Å². The first-order chi connectivity index (χ1) is 9.10. The van der Waals surface area contributed by atoms with Crippen molar-refractivity contribution in [1.29, 1.82) is 0 Å². The largest absolute Gasteiger partial charge is 0.493 e. The number of hydrogen-bond donors (Lipinski definition) is 1. The van der Waals surface area contributed by atoms with Crippen LogP contribution in [0.25, 0.3) is 11.3 Å². The van der Waals surface area contributed by atoms with Crippen LogP contribution < -0.4 is 15.2 Å². The third-order valence-corrected chi connectivity index (χ3v) is 3.15. The lowest BCUT2D eigenvalue weighted by molar-refractivity contribution is 0.355. The van der Waals surface area contributed by atoms with Gasteiger partial charge in [0.1, 0.15) is 0 Å². The first-order valence-electron chi connectivity index (χ1n) is 6.06. The van der Waals surface area contributed by atoms with E-state index in [1.165, 1.54) is 0 Å². The number of aromatic nitrogens is 2. The van der Waals surface area contributed by atoms with Crippen LogP contribution in [0, 0.1) is 6.92 Å². The Kier molecular flexibility index (Phi) is 3.76. The van der Waals surface area contributed by atoms with Crippen LogP contribution in [-0.2, 0) is 13.6 Å². The van der Waals surface area contributed by atoms with Gasteiger partial charge in [-0.25, -0.2) is 0 Å². The summed E-state index contributed by atoms with van der Waals surface area (Å²) in [5, 5.41) is 4.36. The van der Waals surface area contributed by atoms with E-state index in [4.69, 9.17) is 15.2 Å². The molecular weight excluding hydrogens is 242 g/mol. The van der Waals surface area contributed by atoms with Crippen LogP contribution in [0.2, 0.25) is 0 Å². The fourth-order valence-electron chi connectivity index (χ4n) is 2.14. The van der Waals surface area contributed by atoms with Crippen LogP contribution in [0.15, 0.2) is 18.2 Å². The first kappa shape index (κ1) is 13.4. The van der Waals surface area contributed by atoms with Crippen molar-refractivity contribution in [3.63, 3.8) is 0 Å². The van der Waals surface area contributed by atoms with Crippen molar-refractivity contribution >= 4 is 0 Å². The van der Waals surface area contributed by atoms with E-state index in [-0.39, 0.29) is 0 Å². The Hall–Kier alpha value is -2.01. The lowest BCUT2D eigenvalue weighted by atomic mass is 10.0. The van der Waals surface area contributed by atoms with E-state index in [1.807, 2.05) is 36.9 Å². The number of hydrogen-bond acceptors (Lipinski definition) is 4. The number of rotatable bonds is 4. The maximum Gasteiger partial charge on any atom is 0.161 e. The SMILES string of the molecule is COc1cc(C)c(-c2cc(CN)nn2C)cc1OC. The molecule has 0 saturated heterocycles. The maximum atomic E-state index is 5.63. The minimum Gasteiger partial charge on any atom is -0.493 e. The van der Waals surface area contributed by atoms with Crippen molar-refractivity contribution in [3.8, 4) is 22.8 Å². The van der Waals surface area contributed by atoms with E-state index in [9.17, 15) is 0 Å². The third-order valence-electron chi connectivity index (χ3n) is 3.15. The molecule has 0 radical (unpaired) electrons. The van der Waals surface area contributed by atoms with Gasteiger partial charge in [0.15, 0.2) is 11.5 Å².